The molecule has 2 heterocycles. The highest BCUT2D eigenvalue weighted by Crippen LogP contribution is 2.56. The van der Waals surface area contributed by atoms with E-state index in [2.05, 4.69) is 41.1 Å². The molecule has 2 fully saturated rings. The number of piperidine rings is 1. The van der Waals surface area contributed by atoms with E-state index in [-0.39, 0.29) is 17.9 Å². The Morgan fingerprint density at radius 2 is 2.14 bits per heavy atom. The topological polar surface area (TPSA) is 45.4 Å². The van der Waals surface area contributed by atoms with Gasteiger partial charge in [-0.05, 0) is 58.7 Å². The molecule has 1 aliphatic carbocycles. The van der Waals surface area contributed by atoms with Crippen LogP contribution in [-0.4, -0.2) is 53.0 Å². The van der Waals surface area contributed by atoms with E-state index in [9.17, 15) is 0 Å². The summed E-state index contributed by atoms with van der Waals surface area (Å²) in [6, 6.07) is 0.759. The Labute approximate surface area is 144 Å². The standard InChI is InChI=1S/C16H28N4S.ClH/c1-15(2,17)12-20-7-4-16(5-8-20)10-13(16)19(3)11-14-18-6-9-21-14;/h6,9,13H,4-5,7-8,10-12,17H2,1-3H3;1H. The van der Waals surface area contributed by atoms with Crippen LogP contribution in [0, 0.1) is 5.41 Å². The zero-order chi connectivity index (χ0) is 15.1. The molecule has 0 radical (unpaired) electrons. The third-order valence-corrected chi connectivity index (χ3v) is 5.79. The van der Waals surface area contributed by atoms with Crippen LogP contribution in [0.2, 0.25) is 0 Å². The molecule has 2 N–H and O–H groups in total. The number of nitrogens with zero attached hydrogens (tertiary/aromatic N) is 3. The van der Waals surface area contributed by atoms with Gasteiger partial charge in [0.2, 0.25) is 0 Å². The van der Waals surface area contributed by atoms with Gasteiger partial charge in [0.25, 0.3) is 0 Å². The van der Waals surface area contributed by atoms with Gasteiger partial charge in [-0.1, -0.05) is 0 Å². The molecule has 1 aromatic heterocycles. The highest BCUT2D eigenvalue weighted by molar-refractivity contribution is 7.09. The number of rotatable bonds is 5. The number of hydrogen-bond acceptors (Lipinski definition) is 5. The first-order valence-corrected chi connectivity index (χ1v) is 8.86. The maximum absolute atomic E-state index is 6.15. The Balaban J connectivity index is 0.00000176. The quantitative estimate of drug-likeness (QED) is 0.891. The zero-order valence-corrected chi connectivity index (χ0v) is 15.6. The predicted molar refractivity (Wildman–Crippen MR) is 95.6 cm³/mol. The summed E-state index contributed by atoms with van der Waals surface area (Å²) in [5, 5.41) is 3.31. The Hall–Kier alpha value is -0.200. The smallest absolute Gasteiger partial charge is 0.107 e. The molecule has 1 aromatic rings. The monoisotopic (exact) mass is 344 g/mol. The van der Waals surface area contributed by atoms with Gasteiger partial charge in [-0.3, -0.25) is 4.90 Å². The predicted octanol–water partition coefficient (Wildman–Crippen LogP) is 2.59. The van der Waals surface area contributed by atoms with Crippen LogP contribution in [0.1, 0.15) is 38.1 Å². The maximum Gasteiger partial charge on any atom is 0.107 e. The molecule has 1 saturated heterocycles. The molecule has 1 aliphatic heterocycles. The molecule has 3 rings (SSSR count). The van der Waals surface area contributed by atoms with Gasteiger partial charge in [0.15, 0.2) is 0 Å². The summed E-state index contributed by atoms with van der Waals surface area (Å²) in [5.74, 6) is 0. The van der Waals surface area contributed by atoms with Gasteiger partial charge in [0.05, 0.1) is 6.54 Å². The molecule has 6 heteroatoms. The van der Waals surface area contributed by atoms with E-state index in [0.717, 1.165) is 19.1 Å². The number of likely N-dealkylation sites (tertiary alicyclic amines) is 1. The van der Waals surface area contributed by atoms with Crippen molar-refractivity contribution in [2.45, 2.75) is 51.2 Å². The van der Waals surface area contributed by atoms with Crippen LogP contribution >= 0.6 is 23.7 Å². The van der Waals surface area contributed by atoms with Gasteiger partial charge >= 0.3 is 0 Å². The fourth-order valence-corrected chi connectivity index (χ4v) is 4.55. The summed E-state index contributed by atoms with van der Waals surface area (Å²) in [7, 11) is 2.26. The fraction of sp³-hybridized carbons (Fsp3) is 0.812. The van der Waals surface area contributed by atoms with E-state index in [1.807, 2.05) is 6.20 Å². The Morgan fingerprint density at radius 3 is 2.68 bits per heavy atom. The minimum atomic E-state index is -0.0743. The molecule has 1 unspecified atom stereocenters. The highest BCUT2D eigenvalue weighted by Gasteiger charge is 2.56. The average molecular weight is 345 g/mol. The van der Waals surface area contributed by atoms with Gasteiger partial charge in [0.1, 0.15) is 5.01 Å². The van der Waals surface area contributed by atoms with Crippen molar-refractivity contribution in [2.75, 3.05) is 26.7 Å². The second-order valence-electron chi connectivity index (χ2n) is 7.69. The molecule has 0 amide bonds. The zero-order valence-electron chi connectivity index (χ0n) is 13.9. The Morgan fingerprint density at radius 1 is 1.45 bits per heavy atom. The van der Waals surface area contributed by atoms with E-state index in [1.165, 1.54) is 37.4 Å². The minimum Gasteiger partial charge on any atom is -0.324 e. The van der Waals surface area contributed by atoms with Gasteiger partial charge < -0.3 is 10.6 Å². The molecule has 1 spiro atoms. The van der Waals surface area contributed by atoms with Crippen molar-refractivity contribution in [3.63, 3.8) is 0 Å². The normalized spacial score (nSPS) is 24.5. The van der Waals surface area contributed by atoms with Crippen LogP contribution in [0.5, 0.6) is 0 Å². The van der Waals surface area contributed by atoms with Crippen molar-refractivity contribution in [1.82, 2.24) is 14.8 Å². The molecule has 1 saturated carbocycles. The van der Waals surface area contributed by atoms with E-state index < -0.39 is 0 Å². The summed E-state index contributed by atoms with van der Waals surface area (Å²) in [6.07, 6.45) is 5.93. The van der Waals surface area contributed by atoms with E-state index in [1.54, 1.807) is 11.3 Å². The Kier molecular flexibility index (Phi) is 5.55. The van der Waals surface area contributed by atoms with Crippen molar-refractivity contribution in [3.05, 3.63) is 16.6 Å². The molecule has 22 heavy (non-hydrogen) atoms. The van der Waals surface area contributed by atoms with Crippen LogP contribution < -0.4 is 5.73 Å². The average Bonchev–Trinajstić information content (AvgIpc) is 2.84. The lowest BCUT2D eigenvalue weighted by Gasteiger charge is -2.37. The van der Waals surface area contributed by atoms with Crippen LogP contribution in [0.15, 0.2) is 11.6 Å². The first-order chi connectivity index (χ1) is 9.88. The van der Waals surface area contributed by atoms with Crippen molar-refractivity contribution in [1.29, 1.82) is 0 Å². The number of thiazole rings is 1. The van der Waals surface area contributed by atoms with Crippen LogP contribution in [-0.2, 0) is 6.54 Å². The van der Waals surface area contributed by atoms with Crippen LogP contribution in [0.4, 0.5) is 0 Å². The molecular weight excluding hydrogens is 316 g/mol. The summed E-state index contributed by atoms with van der Waals surface area (Å²) in [4.78, 5) is 9.47. The second-order valence-corrected chi connectivity index (χ2v) is 8.67. The minimum absolute atomic E-state index is 0. The number of halogens is 1. The summed E-state index contributed by atoms with van der Waals surface area (Å²) in [6.45, 7) is 8.69. The van der Waals surface area contributed by atoms with Crippen molar-refractivity contribution in [2.24, 2.45) is 11.1 Å². The van der Waals surface area contributed by atoms with Crippen LogP contribution in [0.25, 0.3) is 0 Å². The number of nitrogens with two attached hydrogens (primary N) is 1. The van der Waals surface area contributed by atoms with Gasteiger partial charge in [-0.15, -0.1) is 23.7 Å². The van der Waals surface area contributed by atoms with E-state index in [4.69, 9.17) is 5.73 Å². The van der Waals surface area contributed by atoms with Crippen molar-refractivity contribution in [3.8, 4) is 0 Å². The second kappa shape index (κ2) is 6.73. The van der Waals surface area contributed by atoms with Gasteiger partial charge in [0, 0.05) is 29.7 Å². The van der Waals surface area contributed by atoms with Gasteiger partial charge in [-0.2, -0.15) is 0 Å². The van der Waals surface area contributed by atoms with Gasteiger partial charge in [-0.25, -0.2) is 4.98 Å². The molecule has 1 atom stereocenters. The maximum atomic E-state index is 6.15. The summed E-state index contributed by atoms with van der Waals surface area (Å²) in [5.41, 5.74) is 6.66. The lowest BCUT2D eigenvalue weighted by molar-refractivity contribution is 0.127. The molecule has 0 aromatic carbocycles. The molecule has 4 nitrogen and oxygen atoms in total. The van der Waals surface area contributed by atoms with E-state index >= 15 is 0 Å². The van der Waals surface area contributed by atoms with Crippen molar-refractivity contribution < 1.29 is 0 Å². The SMILES string of the molecule is CN(Cc1nccs1)C1CC12CCN(CC(C)(C)N)CC2.Cl. The lowest BCUT2D eigenvalue weighted by atomic mass is 9.91. The highest BCUT2D eigenvalue weighted by atomic mass is 35.5. The lowest BCUT2D eigenvalue weighted by Crippen LogP contribution is -2.48. The summed E-state index contributed by atoms with van der Waals surface area (Å²) >= 11 is 1.76. The molecular formula is C16H29ClN4S. The largest absolute Gasteiger partial charge is 0.324 e. The first-order valence-electron chi connectivity index (χ1n) is 7.98. The first kappa shape index (κ1) is 18.1. The van der Waals surface area contributed by atoms with Crippen molar-refractivity contribution >= 4 is 23.7 Å². The Bertz CT molecular complexity index is 463. The van der Waals surface area contributed by atoms with E-state index in [0.29, 0.717) is 5.41 Å². The third kappa shape index (κ3) is 4.20. The summed E-state index contributed by atoms with van der Waals surface area (Å²) < 4.78 is 0. The molecule has 0 bridgehead atoms. The fourth-order valence-electron chi connectivity index (χ4n) is 3.87. The molecule has 126 valence electrons. The van der Waals surface area contributed by atoms with Crippen LogP contribution in [0.3, 0.4) is 0 Å². The molecule has 2 aliphatic rings. The third-order valence-electron chi connectivity index (χ3n) is 5.03. The number of aromatic nitrogens is 1. The number of hydrogen-bond donors (Lipinski definition) is 1.